The molecule has 2 aromatic carbocycles. The van der Waals surface area contributed by atoms with Gasteiger partial charge in [0.05, 0.1) is 11.8 Å². The molecule has 2 amide bonds. The zero-order valence-electron chi connectivity index (χ0n) is 15.0. The maximum absolute atomic E-state index is 13.1. The molecule has 1 N–H and O–H groups in total. The average Bonchev–Trinajstić information content (AvgIpc) is 3.37. The van der Waals surface area contributed by atoms with Crippen molar-refractivity contribution in [3.8, 4) is 0 Å². The summed E-state index contributed by atoms with van der Waals surface area (Å²) in [5.41, 5.74) is 4.20. The van der Waals surface area contributed by atoms with Crippen LogP contribution in [-0.2, 0) is 6.42 Å². The van der Waals surface area contributed by atoms with Crippen LogP contribution in [0.4, 0.5) is 10.5 Å². The van der Waals surface area contributed by atoms with Gasteiger partial charge in [0, 0.05) is 27.1 Å². The highest BCUT2D eigenvalue weighted by Crippen LogP contribution is 2.44. The van der Waals surface area contributed by atoms with Crippen LogP contribution in [-0.4, -0.2) is 16.8 Å². The number of hydrazone groups is 1. The number of thiophene rings is 1. The minimum absolute atomic E-state index is 0.0735. The lowest BCUT2D eigenvalue weighted by Gasteiger charge is -2.28. The van der Waals surface area contributed by atoms with Crippen LogP contribution >= 0.6 is 22.9 Å². The van der Waals surface area contributed by atoms with Crippen LogP contribution in [0.15, 0.2) is 71.1 Å². The molecule has 0 radical (unpaired) electrons. The number of rotatable bonds is 2. The van der Waals surface area contributed by atoms with E-state index in [-0.39, 0.29) is 18.0 Å². The topological polar surface area (TPSA) is 44.7 Å². The molecule has 2 atom stereocenters. The summed E-state index contributed by atoms with van der Waals surface area (Å²) in [6.07, 6.45) is 2.00. The third-order valence-electron chi connectivity index (χ3n) is 5.37. The Morgan fingerprint density at radius 1 is 1.11 bits per heavy atom. The van der Waals surface area contributed by atoms with Gasteiger partial charge in [0.1, 0.15) is 0 Å². The SMILES string of the molecule is O=C(Nc1ccc(Cl)cc1)N1N=C2c3ccccc3CC[C@H]2[C@H]1c1cccs1. The lowest BCUT2D eigenvalue weighted by atomic mass is 9.79. The van der Waals surface area contributed by atoms with Crippen molar-refractivity contribution in [2.45, 2.75) is 18.9 Å². The van der Waals surface area contributed by atoms with E-state index in [0.717, 1.165) is 23.4 Å². The van der Waals surface area contributed by atoms with Crippen molar-refractivity contribution in [2.75, 3.05) is 5.32 Å². The molecule has 0 fully saturated rings. The number of aryl methyl sites for hydroxylation is 1. The van der Waals surface area contributed by atoms with Crippen LogP contribution in [0.5, 0.6) is 0 Å². The highest BCUT2D eigenvalue weighted by atomic mass is 35.5. The average molecular weight is 408 g/mol. The number of nitrogens with zero attached hydrogens (tertiary/aromatic N) is 2. The van der Waals surface area contributed by atoms with E-state index in [1.54, 1.807) is 40.6 Å². The molecule has 2 aliphatic rings. The lowest BCUT2D eigenvalue weighted by Crippen LogP contribution is -2.34. The maximum atomic E-state index is 13.1. The van der Waals surface area contributed by atoms with Crippen molar-refractivity contribution < 1.29 is 4.79 Å². The Bertz CT molecular complexity index is 1050. The molecule has 28 heavy (non-hydrogen) atoms. The number of hydrogen-bond acceptors (Lipinski definition) is 3. The minimum atomic E-state index is -0.222. The van der Waals surface area contributed by atoms with E-state index in [4.69, 9.17) is 16.7 Å². The van der Waals surface area contributed by atoms with Gasteiger partial charge in [-0.2, -0.15) is 5.10 Å². The Morgan fingerprint density at radius 2 is 1.93 bits per heavy atom. The van der Waals surface area contributed by atoms with Crippen molar-refractivity contribution in [3.05, 3.63) is 87.1 Å². The van der Waals surface area contributed by atoms with Crippen LogP contribution in [0.25, 0.3) is 0 Å². The highest BCUT2D eigenvalue weighted by molar-refractivity contribution is 7.10. The standard InChI is InChI=1S/C22H18ClN3OS/c23-15-8-10-16(11-9-15)24-22(27)26-21(19-6-3-13-28-19)18-12-7-14-4-1-2-5-17(14)20(18)25-26/h1-6,8-11,13,18,21H,7,12H2,(H,24,27)/t18-,21+/m1/s1. The summed E-state index contributed by atoms with van der Waals surface area (Å²) < 4.78 is 0. The van der Waals surface area contributed by atoms with Crippen LogP contribution < -0.4 is 5.32 Å². The number of amides is 2. The molecule has 3 aromatic rings. The molecule has 0 saturated heterocycles. The minimum Gasteiger partial charge on any atom is -0.306 e. The van der Waals surface area contributed by atoms with Gasteiger partial charge in [0.2, 0.25) is 0 Å². The van der Waals surface area contributed by atoms with Gasteiger partial charge in [0.25, 0.3) is 0 Å². The predicted molar refractivity (Wildman–Crippen MR) is 114 cm³/mol. The Kier molecular flexibility index (Phi) is 4.41. The van der Waals surface area contributed by atoms with Gasteiger partial charge < -0.3 is 5.32 Å². The summed E-state index contributed by atoms with van der Waals surface area (Å²) in [6.45, 7) is 0. The summed E-state index contributed by atoms with van der Waals surface area (Å²) in [5.74, 6) is 0.213. The first kappa shape index (κ1) is 17.5. The molecule has 5 rings (SSSR count). The molecule has 0 spiro atoms. The van der Waals surface area contributed by atoms with E-state index in [1.165, 1.54) is 11.1 Å². The van der Waals surface area contributed by atoms with Crippen LogP contribution in [0.1, 0.15) is 28.5 Å². The molecule has 0 saturated carbocycles. The highest BCUT2D eigenvalue weighted by Gasteiger charge is 2.44. The molecule has 2 heterocycles. The summed E-state index contributed by atoms with van der Waals surface area (Å²) >= 11 is 7.63. The van der Waals surface area contributed by atoms with Gasteiger partial charge >= 0.3 is 6.03 Å². The first-order chi connectivity index (χ1) is 13.7. The number of hydrogen-bond donors (Lipinski definition) is 1. The van der Waals surface area contributed by atoms with Gasteiger partial charge in [-0.25, -0.2) is 9.80 Å². The van der Waals surface area contributed by atoms with Gasteiger partial charge in [-0.15, -0.1) is 11.3 Å². The largest absolute Gasteiger partial charge is 0.342 e. The van der Waals surface area contributed by atoms with E-state index >= 15 is 0 Å². The smallest absolute Gasteiger partial charge is 0.306 e. The van der Waals surface area contributed by atoms with Crippen molar-refractivity contribution in [1.82, 2.24) is 5.01 Å². The Labute approximate surface area is 172 Å². The fourth-order valence-electron chi connectivity index (χ4n) is 4.08. The number of halogens is 1. The lowest BCUT2D eigenvalue weighted by molar-refractivity contribution is 0.189. The van der Waals surface area contributed by atoms with E-state index in [9.17, 15) is 4.79 Å². The van der Waals surface area contributed by atoms with Gasteiger partial charge in [0.15, 0.2) is 0 Å². The molecular formula is C22H18ClN3OS. The third-order valence-corrected chi connectivity index (χ3v) is 6.56. The Morgan fingerprint density at radius 3 is 2.71 bits per heavy atom. The Hall–Kier alpha value is -2.63. The molecule has 0 bridgehead atoms. The van der Waals surface area contributed by atoms with Crippen molar-refractivity contribution in [3.63, 3.8) is 0 Å². The molecule has 1 aliphatic heterocycles. The third kappa shape index (κ3) is 3.01. The number of carbonyl (C=O) groups excluding carboxylic acids is 1. The molecule has 0 unspecified atom stereocenters. The van der Waals surface area contributed by atoms with Gasteiger partial charge in [-0.1, -0.05) is 41.9 Å². The number of urea groups is 1. The second kappa shape index (κ2) is 7.08. The fraction of sp³-hybridized carbons (Fsp3) is 0.182. The van der Waals surface area contributed by atoms with Crippen molar-refractivity contribution in [2.24, 2.45) is 11.0 Å². The number of nitrogens with one attached hydrogen (secondary N) is 1. The van der Waals surface area contributed by atoms with Crippen LogP contribution in [0.3, 0.4) is 0 Å². The Balaban J connectivity index is 1.52. The monoisotopic (exact) mass is 407 g/mol. The predicted octanol–water partition coefficient (Wildman–Crippen LogP) is 5.96. The van der Waals surface area contributed by atoms with E-state index in [2.05, 4.69) is 35.0 Å². The normalized spacial score (nSPS) is 20.3. The maximum Gasteiger partial charge on any atom is 0.342 e. The number of benzene rings is 2. The van der Waals surface area contributed by atoms with E-state index < -0.39 is 0 Å². The zero-order valence-corrected chi connectivity index (χ0v) is 16.6. The molecular weight excluding hydrogens is 390 g/mol. The quantitative estimate of drug-likeness (QED) is 0.559. The molecule has 6 heteroatoms. The van der Waals surface area contributed by atoms with Crippen molar-refractivity contribution in [1.29, 1.82) is 0 Å². The first-order valence-corrected chi connectivity index (χ1v) is 10.5. The zero-order chi connectivity index (χ0) is 19.1. The van der Waals surface area contributed by atoms with Gasteiger partial charge in [-0.3, -0.25) is 0 Å². The molecule has 1 aromatic heterocycles. The number of anilines is 1. The van der Waals surface area contributed by atoms with Gasteiger partial charge in [-0.05, 0) is 54.1 Å². The van der Waals surface area contributed by atoms with Crippen LogP contribution in [0, 0.1) is 5.92 Å². The van der Waals surface area contributed by atoms with Crippen LogP contribution in [0.2, 0.25) is 5.02 Å². The molecule has 1 aliphatic carbocycles. The summed E-state index contributed by atoms with van der Waals surface area (Å²) in [6, 6.07) is 19.3. The summed E-state index contributed by atoms with van der Waals surface area (Å²) in [5, 5.41) is 12.1. The number of fused-ring (bicyclic) bond motifs is 3. The second-order valence-electron chi connectivity index (χ2n) is 7.03. The summed E-state index contributed by atoms with van der Waals surface area (Å²) in [7, 11) is 0. The molecule has 140 valence electrons. The van der Waals surface area contributed by atoms with E-state index in [0.29, 0.717) is 10.7 Å². The van der Waals surface area contributed by atoms with E-state index in [1.807, 2.05) is 12.1 Å². The first-order valence-electron chi connectivity index (χ1n) is 9.26. The number of carbonyl (C=O) groups is 1. The fourth-order valence-corrected chi connectivity index (χ4v) is 5.08. The van der Waals surface area contributed by atoms with Crippen molar-refractivity contribution >= 4 is 40.4 Å². The second-order valence-corrected chi connectivity index (χ2v) is 8.45. The summed E-state index contributed by atoms with van der Waals surface area (Å²) in [4.78, 5) is 14.3. The molecule has 4 nitrogen and oxygen atoms in total.